The molecule has 1 amide bonds. The third kappa shape index (κ3) is 3.25. The minimum Gasteiger partial charge on any atom is -0.376 e. The van der Waals surface area contributed by atoms with Crippen molar-refractivity contribution in [2.45, 2.75) is 6.54 Å². The number of nitrogens with zero attached hydrogens (tertiary/aromatic N) is 3. The predicted molar refractivity (Wildman–Crippen MR) is 102 cm³/mol. The van der Waals surface area contributed by atoms with Crippen LogP contribution >= 0.6 is 11.6 Å². The number of nitrogens with one attached hydrogen (secondary N) is 1. The Kier molecular flexibility index (Phi) is 4.55. The fourth-order valence-electron chi connectivity index (χ4n) is 2.85. The third-order valence-corrected chi connectivity index (χ3v) is 4.30. The lowest BCUT2D eigenvalue weighted by molar-refractivity contribution is -0.116. The molecule has 0 aliphatic carbocycles. The molecule has 0 saturated carbocycles. The number of hydrogen-bond acceptors (Lipinski definition) is 3. The lowest BCUT2D eigenvalue weighted by Crippen LogP contribution is -2.28. The van der Waals surface area contributed by atoms with Gasteiger partial charge in [-0.25, -0.2) is 4.79 Å². The van der Waals surface area contributed by atoms with Crippen LogP contribution in [-0.4, -0.2) is 29.1 Å². The molecule has 0 fully saturated rings. The first-order valence-electron chi connectivity index (χ1n) is 7.79. The summed E-state index contributed by atoms with van der Waals surface area (Å²) in [5.74, 6) is -0.288. The summed E-state index contributed by atoms with van der Waals surface area (Å²) in [6, 6.07) is 12.7. The molecule has 25 heavy (non-hydrogen) atoms. The number of carbonyl (C=O) groups excluding carboxylic acids is 1. The Labute approximate surface area is 150 Å². The van der Waals surface area contributed by atoms with Gasteiger partial charge < -0.3 is 10.2 Å². The standard InChI is InChI=1S/C18H19ClN4O2/c1-21(2)14-9-8-12(19)10-13(14)20-17(24)11-23-16-7-5-4-6-15(16)22(3)18(23)25/h4-10H,11H2,1-3H3,(H,20,24). The van der Waals surface area contributed by atoms with Gasteiger partial charge in [0.05, 0.1) is 22.4 Å². The summed E-state index contributed by atoms with van der Waals surface area (Å²) in [6.45, 7) is -0.0699. The van der Waals surface area contributed by atoms with Crippen LogP contribution in [0.4, 0.5) is 11.4 Å². The van der Waals surface area contributed by atoms with E-state index >= 15 is 0 Å². The second kappa shape index (κ2) is 6.64. The summed E-state index contributed by atoms with van der Waals surface area (Å²) >= 11 is 6.04. The molecule has 1 N–H and O–H groups in total. The molecule has 1 aromatic heterocycles. The van der Waals surface area contributed by atoms with Crippen molar-refractivity contribution < 1.29 is 4.79 Å². The average molecular weight is 359 g/mol. The Morgan fingerprint density at radius 2 is 1.84 bits per heavy atom. The van der Waals surface area contributed by atoms with E-state index in [1.807, 2.05) is 49.3 Å². The number of carbonyl (C=O) groups is 1. The molecule has 0 spiro atoms. The summed E-state index contributed by atoms with van der Waals surface area (Å²) in [6.07, 6.45) is 0. The summed E-state index contributed by atoms with van der Waals surface area (Å²) in [7, 11) is 5.46. The Morgan fingerprint density at radius 3 is 2.52 bits per heavy atom. The summed E-state index contributed by atoms with van der Waals surface area (Å²) in [4.78, 5) is 26.8. The van der Waals surface area contributed by atoms with Crippen LogP contribution in [0.1, 0.15) is 0 Å². The highest BCUT2D eigenvalue weighted by molar-refractivity contribution is 6.31. The first kappa shape index (κ1) is 17.1. The van der Waals surface area contributed by atoms with E-state index < -0.39 is 0 Å². The third-order valence-electron chi connectivity index (χ3n) is 4.07. The molecule has 0 bridgehead atoms. The molecule has 0 saturated heterocycles. The second-order valence-electron chi connectivity index (χ2n) is 6.02. The minimum absolute atomic E-state index is 0.0699. The Bertz CT molecular complexity index is 1000. The predicted octanol–water partition coefficient (Wildman–Crippen LogP) is 2.70. The van der Waals surface area contributed by atoms with E-state index in [1.165, 1.54) is 9.13 Å². The summed E-state index contributed by atoms with van der Waals surface area (Å²) in [5, 5.41) is 3.38. The van der Waals surface area contributed by atoms with Crippen molar-refractivity contribution in [1.82, 2.24) is 9.13 Å². The van der Waals surface area contributed by atoms with Crippen molar-refractivity contribution in [1.29, 1.82) is 0 Å². The zero-order valence-electron chi connectivity index (χ0n) is 14.3. The van der Waals surface area contributed by atoms with Gasteiger partial charge in [0, 0.05) is 26.2 Å². The van der Waals surface area contributed by atoms with E-state index in [-0.39, 0.29) is 18.1 Å². The molecule has 0 atom stereocenters. The quantitative estimate of drug-likeness (QED) is 0.780. The van der Waals surface area contributed by atoms with Crippen molar-refractivity contribution in [2.75, 3.05) is 24.3 Å². The van der Waals surface area contributed by atoms with Crippen LogP contribution in [0.2, 0.25) is 5.02 Å². The summed E-state index contributed by atoms with van der Waals surface area (Å²) in [5.41, 5.74) is 2.73. The largest absolute Gasteiger partial charge is 0.376 e. The van der Waals surface area contributed by atoms with Gasteiger partial charge in [-0.2, -0.15) is 0 Å². The van der Waals surface area contributed by atoms with E-state index in [0.29, 0.717) is 10.7 Å². The molecular formula is C18H19ClN4O2. The van der Waals surface area contributed by atoms with Crippen molar-refractivity contribution in [3.05, 3.63) is 58.0 Å². The van der Waals surface area contributed by atoms with Crippen LogP contribution in [0.25, 0.3) is 11.0 Å². The number of benzene rings is 2. The molecule has 2 aromatic carbocycles. The maximum Gasteiger partial charge on any atom is 0.329 e. The van der Waals surface area contributed by atoms with Crippen molar-refractivity contribution in [3.63, 3.8) is 0 Å². The van der Waals surface area contributed by atoms with Gasteiger partial charge in [0.25, 0.3) is 0 Å². The van der Waals surface area contributed by atoms with E-state index in [1.54, 1.807) is 19.2 Å². The highest BCUT2D eigenvalue weighted by atomic mass is 35.5. The van der Waals surface area contributed by atoms with Crippen LogP contribution in [-0.2, 0) is 18.4 Å². The lowest BCUT2D eigenvalue weighted by atomic mass is 10.2. The van der Waals surface area contributed by atoms with E-state index in [4.69, 9.17) is 11.6 Å². The number of anilines is 2. The van der Waals surface area contributed by atoms with Crippen molar-refractivity contribution >= 4 is 39.9 Å². The normalized spacial score (nSPS) is 10.9. The van der Waals surface area contributed by atoms with Crippen LogP contribution < -0.4 is 15.9 Å². The molecular weight excluding hydrogens is 340 g/mol. The Balaban J connectivity index is 1.91. The van der Waals surface area contributed by atoms with Crippen molar-refractivity contribution in [3.8, 4) is 0 Å². The number of aryl methyl sites for hydroxylation is 1. The van der Waals surface area contributed by atoms with E-state index in [9.17, 15) is 9.59 Å². The highest BCUT2D eigenvalue weighted by Crippen LogP contribution is 2.27. The van der Waals surface area contributed by atoms with Crippen molar-refractivity contribution in [2.24, 2.45) is 7.05 Å². The topological polar surface area (TPSA) is 59.3 Å². The van der Waals surface area contributed by atoms with Gasteiger partial charge in [0.1, 0.15) is 6.54 Å². The molecule has 1 heterocycles. The zero-order valence-corrected chi connectivity index (χ0v) is 15.0. The molecule has 0 aliphatic heterocycles. The van der Waals surface area contributed by atoms with Crippen LogP contribution in [0.3, 0.4) is 0 Å². The fourth-order valence-corrected chi connectivity index (χ4v) is 3.02. The maximum absolute atomic E-state index is 12.5. The van der Waals surface area contributed by atoms with Gasteiger partial charge >= 0.3 is 5.69 Å². The number of amides is 1. The van der Waals surface area contributed by atoms with E-state index in [0.717, 1.165) is 16.7 Å². The van der Waals surface area contributed by atoms with Gasteiger partial charge in [0.2, 0.25) is 5.91 Å². The number of fused-ring (bicyclic) bond motifs is 1. The van der Waals surface area contributed by atoms with Gasteiger partial charge in [-0.05, 0) is 30.3 Å². The number of hydrogen-bond donors (Lipinski definition) is 1. The van der Waals surface area contributed by atoms with Crippen LogP contribution in [0.15, 0.2) is 47.3 Å². The van der Waals surface area contributed by atoms with Crippen LogP contribution in [0, 0.1) is 0 Å². The van der Waals surface area contributed by atoms with E-state index in [2.05, 4.69) is 5.32 Å². The van der Waals surface area contributed by atoms with Gasteiger partial charge in [-0.3, -0.25) is 13.9 Å². The van der Waals surface area contributed by atoms with Gasteiger partial charge in [-0.15, -0.1) is 0 Å². The van der Waals surface area contributed by atoms with Gasteiger partial charge in [-0.1, -0.05) is 23.7 Å². The zero-order chi connectivity index (χ0) is 18.1. The molecule has 7 heteroatoms. The minimum atomic E-state index is -0.288. The number of aromatic nitrogens is 2. The highest BCUT2D eigenvalue weighted by Gasteiger charge is 2.15. The molecule has 3 rings (SSSR count). The Morgan fingerprint density at radius 1 is 1.16 bits per heavy atom. The second-order valence-corrected chi connectivity index (χ2v) is 6.46. The first-order chi connectivity index (χ1) is 11.9. The molecule has 6 nitrogen and oxygen atoms in total. The lowest BCUT2D eigenvalue weighted by Gasteiger charge is -2.18. The van der Waals surface area contributed by atoms with Crippen LogP contribution in [0.5, 0.6) is 0 Å². The number of halogens is 1. The number of imidazole rings is 1. The Hall–Kier alpha value is -2.73. The summed E-state index contributed by atoms with van der Waals surface area (Å²) < 4.78 is 3.00. The number of rotatable bonds is 4. The SMILES string of the molecule is CN(C)c1ccc(Cl)cc1NC(=O)Cn1c(=O)n(C)c2ccccc21. The molecule has 3 aromatic rings. The molecule has 0 radical (unpaired) electrons. The first-order valence-corrected chi connectivity index (χ1v) is 8.17. The molecule has 0 unspecified atom stereocenters. The molecule has 0 aliphatic rings. The monoisotopic (exact) mass is 358 g/mol. The maximum atomic E-state index is 12.5. The smallest absolute Gasteiger partial charge is 0.329 e. The van der Waals surface area contributed by atoms with Gasteiger partial charge in [0.15, 0.2) is 0 Å². The number of para-hydroxylation sites is 2. The fraction of sp³-hybridized carbons (Fsp3) is 0.222. The average Bonchev–Trinajstić information content (AvgIpc) is 2.80. The molecule has 130 valence electrons.